The summed E-state index contributed by atoms with van der Waals surface area (Å²) in [5.41, 5.74) is 0.833. The zero-order valence-corrected chi connectivity index (χ0v) is 17.7. The number of pyridine rings is 1. The maximum absolute atomic E-state index is 13.9. The van der Waals surface area contributed by atoms with Crippen LogP contribution >= 0.6 is 15.9 Å². The van der Waals surface area contributed by atoms with Gasteiger partial charge in [0.25, 0.3) is 5.56 Å². The number of alkyl halides is 3. The van der Waals surface area contributed by atoms with Crippen molar-refractivity contribution in [1.29, 1.82) is 0 Å². The van der Waals surface area contributed by atoms with Gasteiger partial charge in [0.05, 0.1) is 18.3 Å². The summed E-state index contributed by atoms with van der Waals surface area (Å²) in [7, 11) is 0. The third-order valence-electron chi connectivity index (χ3n) is 5.20. The molecule has 1 aliphatic heterocycles. The van der Waals surface area contributed by atoms with E-state index >= 15 is 0 Å². The van der Waals surface area contributed by atoms with Crippen LogP contribution in [-0.2, 0) is 6.54 Å². The van der Waals surface area contributed by atoms with Gasteiger partial charge in [-0.25, -0.2) is 4.98 Å². The number of benzene rings is 1. The number of halogens is 4. The lowest BCUT2D eigenvalue weighted by molar-refractivity contribution is -0.153. The lowest BCUT2D eigenvalue weighted by atomic mass is 10.1. The predicted molar refractivity (Wildman–Crippen MR) is 113 cm³/mol. The van der Waals surface area contributed by atoms with Crippen molar-refractivity contribution in [2.24, 2.45) is 0 Å². The Kier molecular flexibility index (Phi) is 5.85. The highest BCUT2D eigenvalue weighted by Gasteiger charge is 2.47. The Morgan fingerprint density at radius 2 is 1.94 bits per heavy atom. The van der Waals surface area contributed by atoms with E-state index in [0.29, 0.717) is 15.6 Å². The summed E-state index contributed by atoms with van der Waals surface area (Å²) in [5, 5.41) is 10.7. The Hall–Kier alpha value is -2.72. The number of fused-ring (bicyclic) bond motifs is 1. The third-order valence-corrected chi connectivity index (χ3v) is 5.70. The van der Waals surface area contributed by atoms with Gasteiger partial charge >= 0.3 is 6.18 Å². The van der Waals surface area contributed by atoms with E-state index in [-0.39, 0.29) is 31.2 Å². The second-order valence-electron chi connectivity index (χ2n) is 7.24. The summed E-state index contributed by atoms with van der Waals surface area (Å²) >= 11 is 3.30. The molecule has 3 heterocycles. The topological polar surface area (TPSA) is 71.2 Å². The van der Waals surface area contributed by atoms with Gasteiger partial charge in [0.1, 0.15) is 6.04 Å². The van der Waals surface area contributed by atoms with E-state index in [2.05, 4.69) is 25.9 Å². The maximum Gasteiger partial charge on any atom is 0.408 e. The normalized spacial score (nSPS) is 17.3. The first-order valence-corrected chi connectivity index (χ1v) is 10.3. The van der Waals surface area contributed by atoms with Crippen LogP contribution in [0.2, 0.25) is 0 Å². The number of anilines is 1. The predicted octanol–water partition coefficient (Wildman–Crippen LogP) is 3.94. The zero-order valence-electron chi connectivity index (χ0n) is 16.1. The molecule has 0 radical (unpaired) electrons. The first-order valence-electron chi connectivity index (χ1n) is 9.53. The van der Waals surface area contributed by atoms with E-state index in [1.165, 1.54) is 23.0 Å². The summed E-state index contributed by atoms with van der Waals surface area (Å²) in [4.78, 5) is 22.0. The quantitative estimate of drug-likeness (QED) is 0.594. The number of hydrogen-bond donors (Lipinski definition) is 1. The Bertz CT molecular complexity index is 1140. The minimum atomic E-state index is -4.55. The number of hydrogen-bond acceptors (Lipinski definition) is 5. The molecule has 2 atom stereocenters. The summed E-state index contributed by atoms with van der Waals surface area (Å²) in [6.07, 6.45) is -3.04. The van der Waals surface area contributed by atoms with E-state index in [9.17, 15) is 23.1 Å². The van der Waals surface area contributed by atoms with Crippen molar-refractivity contribution >= 4 is 21.9 Å². The molecule has 1 N–H and O–H groups in total. The fraction of sp³-hybridized carbons (Fsp3) is 0.286. The van der Waals surface area contributed by atoms with Crippen LogP contribution in [0.1, 0.15) is 18.1 Å². The zero-order chi connectivity index (χ0) is 22.2. The van der Waals surface area contributed by atoms with E-state index in [1.807, 2.05) is 0 Å². The van der Waals surface area contributed by atoms with Gasteiger partial charge in [0.15, 0.2) is 0 Å². The molecule has 0 fully saturated rings. The molecule has 0 spiro atoms. The third kappa shape index (κ3) is 4.49. The molecule has 0 bridgehead atoms. The fourth-order valence-corrected chi connectivity index (χ4v) is 4.11. The fourth-order valence-electron chi connectivity index (χ4n) is 3.70. The molecule has 1 aliphatic rings. The first-order chi connectivity index (χ1) is 14.7. The Balaban J connectivity index is 1.79. The largest absolute Gasteiger partial charge is 0.408 e. The molecular weight excluding hydrogens is 477 g/mol. The number of nitrogens with zero attached hydrogens (tertiary/aromatic N) is 4. The van der Waals surface area contributed by atoms with Crippen LogP contribution in [0, 0.1) is 0 Å². The highest BCUT2D eigenvalue weighted by Crippen LogP contribution is 2.35. The van der Waals surface area contributed by atoms with Gasteiger partial charge in [-0.3, -0.25) is 14.3 Å². The van der Waals surface area contributed by atoms with Crippen LogP contribution in [-0.4, -0.2) is 38.4 Å². The minimum absolute atomic E-state index is 0.106. The van der Waals surface area contributed by atoms with E-state index in [4.69, 9.17) is 0 Å². The molecule has 162 valence electrons. The molecule has 1 aromatic carbocycles. The molecule has 10 heteroatoms. The van der Waals surface area contributed by atoms with Crippen molar-refractivity contribution in [3.8, 4) is 11.3 Å². The van der Waals surface area contributed by atoms with Crippen molar-refractivity contribution in [3.63, 3.8) is 0 Å². The molecule has 0 amide bonds. The lowest BCUT2D eigenvalue weighted by Gasteiger charge is -2.40. The second kappa shape index (κ2) is 8.43. The monoisotopic (exact) mass is 494 g/mol. The van der Waals surface area contributed by atoms with Gasteiger partial charge in [-0.05, 0) is 36.2 Å². The SMILES string of the molecule is O=c1cc(-c2ccncc2)nc2n1CCC(C(F)(F)F)N2C[C@H](O)c1cccc(Br)c1. The summed E-state index contributed by atoms with van der Waals surface area (Å²) in [6.45, 7) is -0.474. The number of aliphatic hydroxyl groups is 1. The van der Waals surface area contributed by atoms with Crippen LogP contribution in [0.3, 0.4) is 0 Å². The molecule has 1 unspecified atom stereocenters. The highest BCUT2D eigenvalue weighted by molar-refractivity contribution is 9.10. The Morgan fingerprint density at radius 3 is 2.61 bits per heavy atom. The van der Waals surface area contributed by atoms with Crippen LogP contribution in [0.15, 0.2) is 64.1 Å². The second-order valence-corrected chi connectivity index (χ2v) is 8.15. The van der Waals surface area contributed by atoms with E-state index in [0.717, 1.165) is 4.90 Å². The minimum Gasteiger partial charge on any atom is -0.387 e. The van der Waals surface area contributed by atoms with Crippen LogP contribution in [0.4, 0.5) is 19.1 Å². The number of aromatic nitrogens is 3. The summed E-state index contributed by atoms with van der Waals surface area (Å²) in [5.74, 6) is -0.109. The van der Waals surface area contributed by atoms with E-state index < -0.39 is 23.9 Å². The molecule has 0 saturated heterocycles. The van der Waals surface area contributed by atoms with Gasteiger partial charge in [-0.15, -0.1) is 0 Å². The van der Waals surface area contributed by atoms with Crippen molar-refractivity contribution in [2.75, 3.05) is 11.4 Å². The molecule has 4 rings (SSSR count). The Morgan fingerprint density at radius 1 is 1.19 bits per heavy atom. The average molecular weight is 495 g/mol. The van der Waals surface area contributed by atoms with Gasteiger partial charge in [0.2, 0.25) is 5.95 Å². The van der Waals surface area contributed by atoms with Gasteiger partial charge < -0.3 is 10.0 Å². The van der Waals surface area contributed by atoms with Crippen LogP contribution in [0.5, 0.6) is 0 Å². The molecular formula is C21H18BrF3N4O2. The van der Waals surface area contributed by atoms with Crippen molar-refractivity contribution in [3.05, 3.63) is 75.2 Å². The van der Waals surface area contributed by atoms with Gasteiger partial charge in [-0.1, -0.05) is 28.1 Å². The van der Waals surface area contributed by atoms with Crippen molar-refractivity contribution in [1.82, 2.24) is 14.5 Å². The van der Waals surface area contributed by atoms with E-state index in [1.54, 1.807) is 36.4 Å². The molecule has 31 heavy (non-hydrogen) atoms. The standard InChI is InChI=1S/C21H18BrF3N4O2/c22-15-3-1-2-14(10-15)17(30)12-29-18(21(23,24)25)6-9-28-19(31)11-16(27-20(28)29)13-4-7-26-8-5-13/h1-5,7-8,10-11,17-18,30H,6,9,12H2/t17-,18?/m0/s1. The number of β-amino-alcohol motifs (C(OH)–C–C–N with tert-alkyl or cyclic N) is 1. The average Bonchev–Trinajstić information content (AvgIpc) is 2.73. The molecule has 0 saturated carbocycles. The number of rotatable bonds is 4. The molecule has 6 nitrogen and oxygen atoms in total. The van der Waals surface area contributed by atoms with Crippen molar-refractivity contribution < 1.29 is 18.3 Å². The molecule has 2 aromatic heterocycles. The summed E-state index contributed by atoms with van der Waals surface area (Å²) < 4.78 is 43.5. The van der Waals surface area contributed by atoms with Crippen LogP contribution in [0.25, 0.3) is 11.3 Å². The van der Waals surface area contributed by atoms with Gasteiger partial charge in [0, 0.05) is 35.0 Å². The van der Waals surface area contributed by atoms with Gasteiger partial charge in [-0.2, -0.15) is 13.2 Å². The first kappa shape index (κ1) is 21.5. The van der Waals surface area contributed by atoms with Crippen LogP contribution < -0.4 is 10.5 Å². The smallest absolute Gasteiger partial charge is 0.387 e. The lowest BCUT2D eigenvalue weighted by Crippen LogP contribution is -2.53. The number of aliphatic hydroxyl groups excluding tert-OH is 1. The maximum atomic E-state index is 13.9. The highest BCUT2D eigenvalue weighted by atomic mass is 79.9. The Labute approximate surface area is 184 Å². The molecule has 0 aliphatic carbocycles. The summed E-state index contributed by atoms with van der Waals surface area (Å²) in [6, 6.07) is 9.42. The molecule has 3 aromatic rings. The van der Waals surface area contributed by atoms with Crippen molar-refractivity contribution in [2.45, 2.75) is 31.3 Å².